The lowest BCUT2D eigenvalue weighted by Gasteiger charge is -2.54. The number of carbonyl (C=O) groups excluding carboxylic acids is 12. The second-order valence-electron chi connectivity index (χ2n) is 32.9. The van der Waals surface area contributed by atoms with E-state index in [0.717, 1.165) is 24.5 Å². The maximum Gasteiger partial charge on any atom is 0.394 e. The van der Waals surface area contributed by atoms with Crippen LogP contribution in [0.4, 0.5) is 26.3 Å². The van der Waals surface area contributed by atoms with Gasteiger partial charge in [-0.1, -0.05) is 59.1 Å². The molecule has 0 aromatic carbocycles. The van der Waals surface area contributed by atoms with Gasteiger partial charge in [0.25, 0.3) is 0 Å². The first-order valence-corrected chi connectivity index (χ1v) is 39.3. The summed E-state index contributed by atoms with van der Waals surface area (Å²) < 4.78 is 103. The van der Waals surface area contributed by atoms with Crippen molar-refractivity contribution in [1.29, 1.82) is 0 Å². The lowest BCUT2D eigenvalue weighted by molar-refractivity contribution is -0.215. The molecule has 622 valence electrons. The zero-order valence-corrected chi connectivity index (χ0v) is 67.1. The van der Waals surface area contributed by atoms with Crippen LogP contribution in [-0.4, -0.2) is 303 Å². The van der Waals surface area contributed by atoms with Crippen LogP contribution in [0.1, 0.15) is 176 Å². The van der Waals surface area contributed by atoms with Gasteiger partial charge in [0.1, 0.15) is 53.9 Å². The van der Waals surface area contributed by atoms with Crippen LogP contribution >= 0.6 is 0 Å². The van der Waals surface area contributed by atoms with E-state index in [4.69, 9.17) is 14.2 Å². The average Bonchev–Trinajstić information content (AvgIpc) is 0.894. The predicted molar refractivity (Wildman–Crippen MR) is 393 cm³/mol. The van der Waals surface area contributed by atoms with Gasteiger partial charge in [-0.05, 0) is 146 Å². The number of nitrogens with one attached hydrogen (secondary N) is 3. The molecule has 0 aromatic heterocycles. The summed E-state index contributed by atoms with van der Waals surface area (Å²) in [6, 6.07) is -11.3. The van der Waals surface area contributed by atoms with Gasteiger partial charge >= 0.3 is 12.4 Å². The molecule has 33 heteroatoms. The van der Waals surface area contributed by atoms with Crippen molar-refractivity contribution in [1.82, 2.24) is 60.0 Å². The van der Waals surface area contributed by atoms with Crippen LogP contribution in [0.5, 0.6) is 0 Å². The first-order chi connectivity index (χ1) is 51.6. The van der Waals surface area contributed by atoms with Gasteiger partial charge in [0.2, 0.25) is 70.9 Å². The Bertz CT molecular complexity index is 3290. The van der Waals surface area contributed by atoms with Crippen molar-refractivity contribution < 1.29 is 98.1 Å². The highest BCUT2D eigenvalue weighted by molar-refractivity contribution is 6.01. The second-order valence-corrected chi connectivity index (χ2v) is 32.9. The minimum absolute atomic E-state index is 0.0282. The number of carbonyl (C=O) groups is 12. The largest absolute Gasteiger partial charge is 0.394 e. The number of methoxy groups -OCH3 is 2. The number of nitrogens with zero attached hydrogens (tertiary/aromatic N) is 9. The summed E-state index contributed by atoms with van der Waals surface area (Å²) in [4.78, 5) is 193. The highest BCUT2D eigenvalue weighted by Gasteiger charge is 2.60. The van der Waals surface area contributed by atoms with Crippen molar-refractivity contribution in [3.05, 3.63) is 12.2 Å². The number of alkyl halides is 6. The van der Waals surface area contributed by atoms with Gasteiger partial charge in [0.15, 0.2) is 0 Å². The van der Waals surface area contributed by atoms with Crippen LogP contribution in [0.2, 0.25) is 0 Å². The highest BCUT2D eigenvalue weighted by Crippen LogP contribution is 2.50. The summed E-state index contributed by atoms with van der Waals surface area (Å²) in [6.45, 7) is 8.76. The van der Waals surface area contributed by atoms with Crippen molar-refractivity contribution in [3.63, 3.8) is 0 Å². The lowest BCUT2D eigenvalue weighted by atomic mass is 9.58. The standard InChI is InChI=1S/C77H122F6N12O15/c1-16-46(4)63-71(105)89(9)42-62(98)90(10)54-26-20-19-23-35-94(70(54)104)57(36-47-27-31-50(32-28-47)76(78,79)80)69(103)88(8)41-60(96)84-53(34-30-48-29-33-52(77(81,82)83)59(37-48)109-15)67(101)95-40-51(110-18-3)38-55(95)66(100)86-75(44-74(5,6)45-75)73(107)93(13)64(49-24-21-22-25-49)72(106)92(12)56(68(102)87(7)17-2)39-61(97)91(11)58(43-108-14)65(99)85-63/h19-20,46-59,63-64H,16-18,21-45H2,1-15H3,(H,84,96)(H,85,99)(H,86,100)/b20-19-/t46-,47?,48?,50?,51+,52?,53-,54-,55-,56-,57-,58-,59?,63-,64-/m0/s1. The number of hydrogen-bond donors (Lipinski definition) is 3. The van der Waals surface area contributed by atoms with Gasteiger partial charge in [0, 0.05) is 96.2 Å². The predicted octanol–water partition coefficient (Wildman–Crippen LogP) is 5.71. The Balaban J connectivity index is 1.34. The molecule has 3 N–H and O–H groups in total. The van der Waals surface area contributed by atoms with Crippen LogP contribution in [0.15, 0.2) is 12.2 Å². The molecule has 13 atom stereocenters. The fourth-order valence-electron chi connectivity index (χ4n) is 17.9. The van der Waals surface area contributed by atoms with Gasteiger partial charge in [0.05, 0.1) is 50.2 Å². The molecule has 7 rings (SSSR count). The van der Waals surface area contributed by atoms with Gasteiger partial charge in [-0.3, -0.25) is 57.5 Å². The van der Waals surface area contributed by atoms with Crippen molar-refractivity contribution in [2.75, 3.05) is 109 Å². The molecule has 6 fully saturated rings. The molecule has 12 amide bonds. The molecule has 110 heavy (non-hydrogen) atoms. The Morgan fingerprint density at radius 1 is 0.664 bits per heavy atom. The minimum Gasteiger partial charge on any atom is -0.382 e. The number of halogens is 6. The van der Waals surface area contributed by atoms with Crippen LogP contribution in [-0.2, 0) is 71.7 Å². The Kier molecular flexibility index (Phi) is 31.6. The summed E-state index contributed by atoms with van der Waals surface area (Å²) in [5.41, 5.74) is -2.28. The van der Waals surface area contributed by atoms with Crippen molar-refractivity contribution in [3.8, 4) is 0 Å². The molecule has 27 nitrogen and oxygen atoms in total. The normalized spacial score (nSPS) is 31.4. The Morgan fingerprint density at radius 3 is 1.88 bits per heavy atom. The molecule has 0 radical (unpaired) electrons. The molecule has 2 bridgehead atoms. The quantitative estimate of drug-likeness (QED) is 0.131. The van der Waals surface area contributed by atoms with E-state index in [-0.39, 0.29) is 123 Å². The summed E-state index contributed by atoms with van der Waals surface area (Å²) in [7, 11) is 12.0. The third-order valence-electron chi connectivity index (χ3n) is 24.6. The van der Waals surface area contributed by atoms with E-state index in [0.29, 0.717) is 32.1 Å². The monoisotopic (exact) mass is 1570 g/mol. The zero-order valence-electron chi connectivity index (χ0n) is 67.1. The Morgan fingerprint density at radius 2 is 1.30 bits per heavy atom. The molecule has 0 aromatic rings. The van der Waals surface area contributed by atoms with Crippen LogP contribution in [0, 0.1) is 40.9 Å². The van der Waals surface area contributed by atoms with Crippen molar-refractivity contribution in [2.24, 2.45) is 40.9 Å². The SMILES string of the molecule is CCO[C@@H]1C[C@H]2C(=O)NC3(CC(C)(C)C3)C(=O)N(C)[C@@H](C3CCCC3)C(=O)N(C)[C@H](C(=O)N(C)CC)CC(=O)N(C)[C@@H](COC)C(=O)N[C@@H]([C@@H](C)CC)C(=O)N(C)CC(=O)N(C)[C@H]3C/C=C\CCN(C3=O)[C@@H](CC3CCC(C(F)(F)F)CC3)C(=O)N(C)CC(=O)N[C@@H](CCC3CCC(C(F)(F)F)C(OC)C3)C(=O)N2C1. The average molecular weight is 1570 g/mol. The summed E-state index contributed by atoms with van der Waals surface area (Å²) in [6.07, 6.45) is -6.53. The number of fused-ring (bicyclic) bond motifs is 3. The van der Waals surface area contributed by atoms with Crippen LogP contribution < -0.4 is 16.0 Å². The third kappa shape index (κ3) is 21.8. The fraction of sp³-hybridized carbons (Fsp3) is 0.818. The van der Waals surface area contributed by atoms with E-state index in [1.807, 2.05) is 13.8 Å². The number of ether oxygens (including phenoxy) is 3. The first-order valence-electron chi connectivity index (χ1n) is 39.3. The number of likely N-dealkylation sites (N-methyl/N-ethyl adjacent to an activating group) is 7. The first kappa shape index (κ1) is 90.0. The Labute approximate surface area is 644 Å². The number of amides is 12. The van der Waals surface area contributed by atoms with Gasteiger partial charge in [-0.2, -0.15) is 26.3 Å². The Hall–Kier alpha value is -7.16. The highest BCUT2D eigenvalue weighted by atomic mass is 19.4. The zero-order chi connectivity index (χ0) is 81.8. The molecule has 3 unspecified atom stereocenters. The van der Waals surface area contributed by atoms with Crippen molar-refractivity contribution >= 4 is 70.9 Å². The van der Waals surface area contributed by atoms with E-state index in [1.54, 1.807) is 39.8 Å². The van der Waals surface area contributed by atoms with Crippen molar-refractivity contribution in [2.45, 2.75) is 255 Å². The molecule has 4 saturated carbocycles. The maximum atomic E-state index is 15.8. The van der Waals surface area contributed by atoms with Crippen LogP contribution in [0.25, 0.3) is 0 Å². The molecule has 3 aliphatic heterocycles. The number of hydrogen-bond acceptors (Lipinski definition) is 15. The number of rotatable bonds is 15. The third-order valence-corrected chi connectivity index (χ3v) is 24.6. The van der Waals surface area contributed by atoms with E-state index in [2.05, 4.69) is 16.0 Å². The molecule has 7 aliphatic rings. The smallest absolute Gasteiger partial charge is 0.382 e. The van der Waals surface area contributed by atoms with Crippen LogP contribution in [0.3, 0.4) is 0 Å². The van der Waals surface area contributed by atoms with Gasteiger partial charge < -0.3 is 74.3 Å². The maximum absolute atomic E-state index is 15.8. The van der Waals surface area contributed by atoms with E-state index >= 15 is 28.8 Å². The molecule has 3 heterocycles. The summed E-state index contributed by atoms with van der Waals surface area (Å²) in [5, 5.41) is 8.62. The van der Waals surface area contributed by atoms with Gasteiger partial charge in [-0.15, -0.1) is 0 Å². The lowest BCUT2D eigenvalue weighted by Crippen LogP contribution is -2.71. The molecule has 2 saturated heterocycles. The topological polar surface area (TPSA) is 298 Å². The van der Waals surface area contributed by atoms with Gasteiger partial charge in [-0.25, -0.2) is 0 Å². The molecular formula is C77H122F6N12O15. The van der Waals surface area contributed by atoms with E-state index in [9.17, 15) is 55.1 Å². The molecular weight excluding hydrogens is 1450 g/mol. The minimum atomic E-state index is -4.57. The second kappa shape index (κ2) is 38.6. The fourth-order valence-corrected chi connectivity index (χ4v) is 17.9. The van der Waals surface area contributed by atoms with E-state index in [1.165, 1.54) is 83.2 Å². The molecule has 1 spiro atoms. The summed E-state index contributed by atoms with van der Waals surface area (Å²) in [5.74, 6) is -14.6. The molecule has 4 aliphatic carbocycles. The van der Waals surface area contributed by atoms with E-state index < -0.39 is 216 Å². The summed E-state index contributed by atoms with van der Waals surface area (Å²) >= 11 is 0.